The van der Waals surface area contributed by atoms with Crippen LogP contribution in [-0.4, -0.2) is 34.9 Å². The molecule has 84 valence electrons. The van der Waals surface area contributed by atoms with E-state index in [2.05, 4.69) is 10.3 Å². The maximum absolute atomic E-state index is 9.86. The molecule has 1 rings (SSSR count). The fourth-order valence-corrected chi connectivity index (χ4v) is 1.54. The number of aryl methyl sites for hydroxylation is 2. The lowest BCUT2D eigenvalue weighted by Crippen LogP contribution is -2.30. The molecule has 1 heterocycles. The number of hydrogen-bond acceptors (Lipinski definition) is 4. The van der Waals surface area contributed by atoms with Crippen molar-refractivity contribution in [2.24, 2.45) is 0 Å². The number of rotatable bonds is 4. The van der Waals surface area contributed by atoms with Crippen molar-refractivity contribution in [3.05, 3.63) is 29.1 Å². The van der Waals surface area contributed by atoms with Crippen LogP contribution in [0.3, 0.4) is 0 Å². The number of nitrogens with one attached hydrogen (secondary N) is 1. The molecule has 0 aliphatic rings. The van der Waals surface area contributed by atoms with Crippen molar-refractivity contribution in [2.75, 3.05) is 13.6 Å². The molecule has 0 fully saturated rings. The Morgan fingerprint density at radius 2 is 2.00 bits per heavy atom. The molecule has 2 atom stereocenters. The normalized spacial score (nSPS) is 15.0. The highest BCUT2D eigenvalue weighted by Crippen LogP contribution is 2.19. The third kappa shape index (κ3) is 2.99. The molecule has 15 heavy (non-hydrogen) atoms. The Morgan fingerprint density at radius 3 is 2.53 bits per heavy atom. The standard InChI is InChI=1S/C11H18N2O2/c1-7-4-5-9(8(2)13-7)11(15)10(14)6-12-3/h4-5,10-12,14-15H,6H2,1-3H3. The smallest absolute Gasteiger partial charge is 0.108 e. The predicted octanol–water partition coefficient (Wildman–Crippen LogP) is 0.312. The summed E-state index contributed by atoms with van der Waals surface area (Å²) in [6.45, 7) is 4.08. The number of pyridine rings is 1. The van der Waals surface area contributed by atoms with Crippen LogP contribution in [-0.2, 0) is 0 Å². The van der Waals surface area contributed by atoms with Gasteiger partial charge in [-0.2, -0.15) is 0 Å². The van der Waals surface area contributed by atoms with E-state index in [1.807, 2.05) is 19.9 Å². The second-order valence-corrected chi connectivity index (χ2v) is 3.70. The fourth-order valence-electron chi connectivity index (χ4n) is 1.54. The lowest BCUT2D eigenvalue weighted by molar-refractivity contribution is 0.0196. The van der Waals surface area contributed by atoms with Gasteiger partial charge in [-0.3, -0.25) is 4.98 Å². The van der Waals surface area contributed by atoms with Crippen LogP contribution in [0.2, 0.25) is 0 Å². The third-order valence-corrected chi connectivity index (χ3v) is 2.36. The number of nitrogens with zero attached hydrogens (tertiary/aromatic N) is 1. The van der Waals surface area contributed by atoms with Crippen LogP contribution in [0, 0.1) is 13.8 Å². The molecule has 1 aromatic rings. The molecule has 4 nitrogen and oxygen atoms in total. The summed E-state index contributed by atoms with van der Waals surface area (Å²) in [6, 6.07) is 3.64. The van der Waals surface area contributed by atoms with Gasteiger partial charge < -0.3 is 15.5 Å². The third-order valence-electron chi connectivity index (χ3n) is 2.36. The van der Waals surface area contributed by atoms with E-state index in [0.717, 1.165) is 11.4 Å². The second kappa shape index (κ2) is 5.21. The SMILES string of the molecule is CNCC(O)C(O)c1ccc(C)nc1C. The number of aromatic nitrogens is 1. The minimum absolute atomic E-state index is 0.356. The molecule has 4 heteroatoms. The first kappa shape index (κ1) is 12.1. The Bertz CT molecular complexity index is 328. The van der Waals surface area contributed by atoms with E-state index >= 15 is 0 Å². The van der Waals surface area contributed by atoms with Crippen LogP contribution < -0.4 is 5.32 Å². The Morgan fingerprint density at radius 1 is 1.33 bits per heavy atom. The van der Waals surface area contributed by atoms with Crippen LogP contribution >= 0.6 is 0 Å². The van der Waals surface area contributed by atoms with Crippen LogP contribution in [0.1, 0.15) is 23.1 Å². The Kier molecular flexibility index (Phi) is 4.20. The van der Waals surface area contributed by atoms with E-state index < -0.39 is 12.2 Å². The van der Waals surface area contributed by atoms with Crippen LogP contribution in [0.4, 0.5) is 0 Å². The fraction of sp³-hybridized carbons (Fsp3) is 0.545. The molecule has 0 aromatic carbocycles. The molecular weight excluding hydrogens is 192 g/mol. The van der Waals surface area contributed by atoms with Gasteiger partial charge in [0.25, 0.3) is 0 Å². The molecule has 1 aromatic heterocycles. The zero-order valence-corrected chi connectivity index (χ0v) is 9.36. The van der Waals surface area contributed by atoms with Gasteiger partial charge in [0.2, 0.25) is 0 Å². The van der Waals surface area contributed by atoms with Crippen molar-refractivity contribution >= 4 is 0 Å². The summed E-state index contributed by atoms with van der Waals surface area (Å²) in [4.78, 5) is 4.25. The van der Waals surface area contributed by atoms with Gasteiger partial charge in [-0.1, -0.05) is 6.07 Å². The highest BCUT2D eigenvalue weighted by Gasteiger charge is 2.19. The number of likely N-dealkylation sites (N-methyl/N-ethyl adjacent to an activating group) is 1. The Balaban J connectivity index is 2.86. The summed E-state index contributed by atoms with van der Waals surface area (Å²) in [5.74, 6) is 0. The van der Waals surface area contributed by atoms with E-state index in [0.29, 0.717) is 12.1 Å². The molecule has 3 N–H and O–H groups in total. The zero-order valence-electron chi connectivity index (χ0n) is 9.36. The second-order valence-electron chi connectivity index (χ2n) is 3.70. The topological polar surface area (TPSA) is 65.4 Å². The van der Waals surface area contributed by atoms with Gasteiger partial charge in [0, 0.05) is 23.5 Å². The minimum Gasteiger partial charge on any atom is -0.389 e. The van der Waals surface area contributed by atoms with Gasteiger partial charge in [0.05, 0.1) is 6.10 Å². The van der Waals surface area contributed by atoms with E-state index in [-0.39, 0.29) is 0 Å². The van der Waals surface area contributed by atoms with Crippen LogP contribution in [0.25, 0.3) is 0 Å². The maximum atomic E-state index is 9.86. The number of hydrogen-bond donors (Lipinski definition) is 3. The van der Waals surface area contributed by atoms with Gasteiger partial charge in [-0.05, 0) is 27.0 Å². The molecular formula is C11H18N2O2. The average molecular weight is 210 g/mol. The van der Waals surface area contributed by atoms with Gasteiger partial charge in [0.1, 0.15) is 6.10 Å². The zero-order chi connectivity index (χ0) is 11.4. The van der Waals surface area contributed by atoms with Crippen molar-refractivity contribution in [1.82, 2.24) is 10.3 Å². The molecule has 0 aliphatic heterocycles. The Labute approximate surface area is 90.0 Å². The predicted molar refractivity (Wildman–Crippen MR) is 58.6 cm³/mol. The monoisotopic (exact) mass is 210 g/mol. The largest absolute Gasteiger partial charge is 0.389 e. The summed E-state index contributed by atoms with van der Waals surface area (Å²) in [5, 5.41) is 22.3. The van der Waals surface area contributed by atoms with E-state index in [1.54, 1.807) is 13.1 Å². The lowest BCUT2D eigenvalue weighted by atomic mass is 10.0. The van der Waals surface area contributed by atoms with Crippen molar-refractivity contribution < 1.29 is 10.2 Å². The summed E-state index contributed by atoms with van der Waals surface area (Å²) in [6.07, 6.45) is -1.69. The highest BCUT2D eigenvalue weighted by molar-refractivity contribution is 5.24. The van der Waals surface area contributed by atoms with Gasteiger partial charge >= 0.3 is 0 Å². The van der Waals surface area contributed by atoms with E-state index in [1.165, 1.54) is 0 Å². The summed E-state index contributed by atoms with van der Waals surface area (Å²) in [7, 11) is 1.73. The van der Waals surface area contributed by atoms with Gasteiger partial charge in [-0.25, -0.2) is 0 Å². The molecule has 0 radical (unpaired) electrons. The van der Waals surface area contributed by atoms with Gasteiger partial charge in [0.15, 0.2) is 0 Å². The number of aliphatic hydroxyl groups is 2. The molecule has 0 saturated carbocycles. The van der Waals surface area contributed by atoms with Gasteiger partial charge in [-0.15, -0.1) is 0 Å². The Hall–Kier alpha value is -0.970. The molecule has 0 saturated heterocycles. The molecule has 0 spiro atoms. The number of aliphatic hydroxyl groups excluding tert-OH is 2. The van der Waals surface area contributed by atoms with E-state index in [9.17, 15) is 10.2 Å². The van der Waals surface area contributed by atoms with Crippen molar-refractivity contribution in [3.63, 3.8) is 0 Å². The van der Waals surface area contributed by atoms with Crippen LogP contribution in [0.5, 0.6) is 0 Å². The summed E-state index contributed by atoms with van der Waals surface area (Å²) in [5.41, 5.74) is 2.35. The van der Waals surface area contributed by atoms with Crippen LogP contribution in [0.15, 0.2) is 12.1 Å². The average Bonchev–Trinajstić information content (AvgIpc) is 2.17. The first-order valence-electron chi connectivity index (χ1n) is 5.01. The first-order chi connectivity index (χ1) is 7.06. The summed E-state index contributed by atoms with van der Waals surface area (Å²) < 4.78 is 0. The van der Waals surface area contributed by atoms with E-state index in [4.69, 9.17) is 0 Å². The molecule has 0 aliphatic carbocycles. The molecule has 2 unspecified atom stereocenters. The minimum atomic E-state index is -0.884. The van der Waals surface area contributed by atoms with Crippen molar-refractivity contribution in [2.45, 2.75) is 26.1 Å². The molecule has 0 bridgehead atoms. The molecule has 0 amide bonds. The van der Waals surface area contributed by atoms with Crippen molar-refractivity contribution in [1.29, 1.82) is 0 Å². The van der Waals surface area contributed by atoms with Crippen molar-refractivity contribution in [3.8, 4) is 0 Å². The summed E-state index contributed by atoms with van der Waals surface area (Å²) >= 11 is 0. The first-order valence-corrected chi connectivity index (χ1v) is 5.01. The lowest BCUT2D eigenvalue weighted by Gasteiger charge is -2.19. The maximum Gasteiger partial charge on any atom is 0.108 e. The highest BCUT2D eigenvalue weighted by atomic mass is 16.3. The quantitative estimate of drug-likeness (QED) is 0.669.